The number of nitrogens with zero attached hydrogens (tertiary/aromatic N) is 2. The van der Waals surface area contributed by atoms with Gasteiger partial charge in [0.25, 0.3) is 5.91 Å². The number of rotatable bonds is 6. The predicted octanol–water partition coefficient (Wildman–Crippen LogP) is 2.07. The molecule has 7 heteroatoms. The van der Waals surface area contributed by atoms with Gasteiger partial charge in [0.1, 0.15) is 0 Å². The van der Waals surface area contributed by atoms with Crippen molar-refractivity contribution in [2.24, 2.45) is 0 Å². The normalized spacial score (nSPS) is 16.5. The summed E-state index contributed by atoms with van der Waals surface area (Å²) in [5.74, 6) is 1.19. The monoisotopic (exact) mass is 343 g/mol. The van der Waals surface area contributed by atoms with E-state index in [1.807, 2.05) is 0 Å². The summed E-state index contributed by atoms with van der Waals surface area (Å²) in [5.41, 5.74) is 1.35. The summed E-state index contributed by atoms with van der Waals surface area (Å²) < 4.78 is 15.8. The Balaban J connectivity index is 1.70. The Labute approximate surface area is 146 Å². The number of carbonyl (C=O) groups is 1. The number of amides is 1. The number of ether oxygens (including phenoxy) is 3. The van der Waals surface area contributed by atoms with Crippen LogP contribution in [0.15, 0.2) is 30.3 Å². The zero-order valence-corrected chi connectivity index (χ0v) is 14.3. The summed E-state index contributed by atoms with van der Waals surface area (Å²) in [4.78, 5) is 20.8. The lowest BCUT2D eigenvalue weighted by molar-refractivity contribution is 0.0858. The fraction of sp³-hybridized carbons (Fsp3) is 0.389. The van der Waals surface area contributed by atoms with E-state index in [0.717, 1.165) is 25.0 Å². The van der Waals surface area contributed by atoms with E-state index in [1.165, 1.54) is 14.2 Å². The molecule has 1 saturated heterocycles. The minimum absolute atomic E-state index is 0.119. The summed E-state index contributed by atoms with van der Waals surface area (Å²) in [6.45, 7) is 1.32. The number of hydrogen-bond acceptors (Lipinski definition) is 6. The van der Waals surface area contributed by atoms with Gasteiger partial charge in [-0.05, 0) is 25.0 Å². The molecule has 0 aliphatic carbocycles. The molecule has 7 nitrogen and oxygen atoms in total. The maximum atomic E-state index is 12.2. The topological polar surface area (TPSA) is 82.6 Å². The molecule has 1 fully saturated rings. The number of carbonyl (C=O) groups excluding carboxylic acids is 1. The first-order valence-corrected chi connectivity index (χ1v) is 8.17. The van der Waals surface area contributed by atoms with Crippen LogP contribution in [-0.4, -0.2) is 49.4 Å². The average Bonchev–Trinajstić information content (AvgIpc) is 3.19. The number of aromatic nitrogens is 2. The van der Waals surface area contributed by atoms with Gasteiger partial charge in [-0.25, -0.2) is 0 Å². The molecule has 1 atom stereocenters. The van der Waals surface area contributed by atoms with Crippen LogP contribution in [0.4, 0.5) is 0 Å². The minimum atomic E-state index is -0.119. The summed E-state index contributed by atoms with van der Waals surface area (Å²) >= 11 is 0. The second kappa shape index (κ2) is 7.94. The third-order valence-corrected chi connectivity index (χ3v) is 4.02. The van der Waals surface area contributed by atoms with Gasteiger partial charge in [-0.1, -0.05) is 12.1 Å². The highest BCUT2D eigenvalue weighted by atomic mass is 16.5. The average molecular weight is 343 g/mol. The van der Waals surface area contributed by atoms with Crippen LogP contribution in [-0.2, 0) is 4.74 Å². The van der Waals surface area contributed by atoms with Crippen LogP contribution >= 0.6 is 0 Å². The molecule has 1 amide bonds. The molecule has 1 aliphatic rings. The van der Waals surface area contributed by atoms with Crippen LogP contribution in [0.5, 0.6) is 11.8 Å². The lowest BCUT2D eigenvalue weighted by Gasteiger charge is -2.11. The first kappa shape index (κ1) is 17.2. The molecule has 1 N–H and O–H groups in total. The number of benzene rings is 1. The molecular weight excluding hydrogens is 322 g/mol. The van der Waals surface area contributed by atoms with Gasteiger partial charge in [-0.15, -0.1) is 0 Å². The second-order valence-electron chi connectivity index (χ2n) is 5.70. The SMILES string of the molecule is COc1cc(OC)nc(-c2ccc(C(=O)NC[C@@H]3CCCO3)cc2)n1. The molecule has 0 spiro atoms. The van der Waals surface area contributed by atoms with Crippen LogP contribution in [0.25, 0.3) is 11.4 Å². The van der Waals surface area contributed by atoms with Crippen LogP contribution < -0.4 is 14.8 Å². The Hall–Kier alpha value is -2.67. The Kier molecular flexibility index (Phi) is 5.45. The smallest absolute Gasteiger partial charge is 0.251 e. The summed E-state index contributed by atoms with van der Waals surface area (Å²) in [6, 6.07) is 8.70. The van der Waals surface area contributed by atoms with Crippen molar-refractivity contribution in [3.05, 3.63) is 35.9 Å². The van der Waals surface area contributed by atoms with E-state index in [0.29, 0.717) is 29.7 Å². The van der Waals surface area contributed by atoms with Gasteiger partial charge < -0.3 is 19.5 Å². The lowest BCUT2D eigenvalue weighted by atomic mass is 10.1. The Bertz CT molecular complexity index is 705. The van der Waals surface area contributed by atoms with Crippen LogP contribution in [0.1, 0.15) is 23.2 Å². The van der Waals surface area contributed by atoms with E-state index in [4.69, 9.17) is 14.2 Å². The van der Waals surface area contributed by atoms with Crippen molar-refractivity contribution < 1.29 is 19.0 Å². The van der Waals surface area contributed by atoms with Crippen molar-refractivity contribution >= 4 is 5.91 Å². The first-order chi connectivity index (χ1) is 12.2. The van der Waals surface area contributed by atoms with Crippen LogP contribution in [0.3, 0.4) is 0 Å². The molecule has 0 saturated carbocycles. The molecule has 0 bridgehead atoms. The van der Waals surface area contributed by atoms with E-state index in [2.05, 4.69) is 15.3 Å². The molecule has 1 aliphatic heterocycles. The van der Waals surface area contributed by atoms with Gasteiger partial charge in [-0.2, -0.15) is 9.97 Å². The Morgan fingerprint density at radius 2 is 1.88 bits per heavy atom. The molecule has 1 aromatic carbocycles. The van der Waals surface area contributed by atoms with Gasteiger partial charge in [0, 0.05) is 24.3 Å². The molecule has 0 radical (unpaired) electrons. The number of methoxy groups -OCH3 is 2. The number of nitrogens with one attached hydrogen (secondary N) is 1. The highest BCUT2D eigenvalue weighted by Crippen LogP contribution is 2.22. The maximum Gasteiger partial charge on any atom is 0.251 e. The van der Waals surface area contributed by atoms with E-state index in [1.54, 1.807) is 30.3 Å². The largest absolute Gasteiger partial charge is 0.481 e. The van der Waals surface area contributed by atoms with Crippen LogP contribution in [0, 0.1) is 0 Å². The lowest BCUT2D eigenvalue weighted by Crippen LogP contribution is -2.31. The third kappa shape index (κ3) is 4.24. The Morgan fingerprint density at radius 1 is 1.20 bits per heavy atom. The first-order valence-electron chi connectivity index (χ1n) is 8.17. The molecule has 2 heterocycles. The molecule has 1 aromatic heterocycles. The van der Waals surface area contributed by atoms with E-state index < -0.39 is 0 Å². The summed E-state index contributed by atoms with van der Waals surface area (Å²) in [6.07, 6.45) is 2.17. The molecular formula is C18H21N3O4. The highest BCUT2D eigenvalue weighted by Gasteiger charge is 2.17. The van der Waals surface area contributed by atoms with E-state index in [9.17, 15) is 4.79 Å². The molecule has 25 heavy (non-hydrogen) atoms. The minimum Gasteiger partial charge on any atom is -0.481 e. The highest BCUT2D eigenvalue weighted by molar-refractivity contribution is 5.94. The fourth-order valence-electron chi connectivity index (χ4n) is 2.63. The van der Waals surface area contributed by atoms with Gasteiger partial charge in [0.2, 0.25) is 11.8 Å². The van der Waals surface area contributed by atoms with Crippen molar-refractivity contribution in [3.63, 3.8) is 0 Å². The van der Waals surface area contributed by atoms with Crippen molar-refractivity contribution in [2.45, 2.75) is 18.9 Å². The molecule has 0 unspecified atom stereocenters. The van der Waals surface area contributed by atoms with Crippen molar-refractivity contribution in [2.75, 3.05) is 27.4 Å². The van der Waals surface area contributed by atoms with Gasteiger partial charge in [-0.3, -0.25) is 4.79 Å². The van der Waals surface area contributed by atoms with Crippen LogP contribution in [0.2, 0.25) is 0 Å². The van der Waals surface area contributed by atoms with E-state index >= 15 is 0 Å². The molecule has 132 valence electrons. The maximum absolute atomic E-state index is 12.2. The second-order valence-corrected chi connectivity index (χ2v) is 5.70. The molecule has 3 rings (SSSR count). The zero-order valence-electron chi connectivity index (χ0n) is 14.3. The van der Waals surface area contributed by atoms with Crippen molar-refractivity contribution in [3.8, 4) is 23.1 Å². The van der Waals surface area contributed by atoms with Gasteiger partial charge in [0.05, 0.1) is 26.4 Å². The zero-order chi connectivity index (χ0) is 17.6. The third-order valence-electron chi connectivity index (χ3n) is 4.02. The number of hydrogen-bond donors (Lipinski definition) is 1. The standard InChI is InChI=1S/C18H21N3O4/c1-23-15-10-16(24-2)21-17(20-15)12-5-7-13(8-6-12)18(22)19-11-14-4-3-9-25-14/h5-8,10,14H,3-4,9,11H2,1-2H3,(H,19,22)/t14-/m0/s1. The van der Waals surface area contributed by atoms with Crippen molar-refractivity contribution in [1.29, 1.82) is 0 Å². The van der Waals surface area contributed by atoms with Crippen molar-refractivity contribution in [1.82, 2.24) is 15.3 Å². The summed E-state index contributed by atoms with van der Waals surface area (Å²) in [5, 5.41) is 2.90. The summed E-state index contributed by atoms with van der Waals surface area (Å²) in [7, 11) is 3.07. The fourth-order valence-corrected chi connectivity index (χ4v) is 2.63. The van der Waals surface area contributed by atoms with E-state index in [-0.39, 0.29) is 12.0 Å². The van der Waals surface area contributed by atoms with Gasteiger partial charge >= 0.3 is 0 Å². The Morgan fingerprint density at radius 3 is 2.44 bits per heavy atom. The predicted molar refractivity (Wildman–Crippen MR) is 91.9 cm³/mol. The quantitative estimate of drug-likeness (QED) is 0.865. The van der Waals surface area contributed by atoms with Gasteiger partial charge in [0.15, 0.2) is 5.82 Å². The molecule has 2 aromatic rings.